The van der Waals surface area contributed by atoms with Crippen molar-refractivity contribution in [2.24, 2.45) is 5.92 Å². The number of carbonyl (C=O) groups excluding carboxylic acids is 1. The van der Waals surface area contributed by atoms with Crippen LogP contribution in [-0.2, 0) is 16.0 Å². The molecule has 1 atom stereocenters. The van der Waals surface area contributed by atoms with Crippen molar-refractivity contribution in [1.82, 2.24) is 5.32 Å². The highest BCUT2D eigenvalue weighted by Gasteiger charge is 2.21. The minimum absolute atomic E-state index is 0.215. The second kappa shape index (κ2) is 6.03. The molecule has 4 nitrogen and oxygen atoms in total. The van der Waals surface area contributed by atoms with Crippen LogP contribution in [0.25, 0.3) is 0 Å². The number of nitrogens with one attached hydrogen (secondary N) is 1. The van der Waals surface area contributed by atoms with E-state index in [0.717, 1.165) is 5.56 Å². The minimum atomic E-state index is -1.01. The molecule has 0 aliphatic heterocycles. The predicted molar refractivity (Wildman–Crippen MR) is 64.6 cm³/mol. The summed E-state index contributed by atoms with van der Waals surface area (Å²) in [4.78, 5) is 22.5. The molecule has 0 heterocycles. The van der Waals surface area contributed by atoms with Crippen molar-refractivity contribution in [3.05, 3.63) is 35.9 Å². The Labute approximate surface area is 101 Å². The van der Waals surface area contributed by atoms with E-state index in [-0.39, 0.29) is 11.8 Å². The van der Waals surface area contributed by atoms with Crippen LogP contribution in [0.2, 0.25) is 0 Å². The van der Waals surface area contributed by atoms with Crippen LogP contribution < -0.4 is 5.32 Å². The van der Waals surface area contributed by atoms with Crippen LogP contribution >= 0.6 is 0 Å². The summed E-state index contributed by atoms with van der Waals surface area (Å²) in [7, 11) is 0. The fraction of sp³-hybridized carbons (Fsp3) is 0.385. The third kappa shape index (κ3) is 4.26. The second-order valence-corrected chi connectivity index (χ2v) is 4.24. The zero-order valence-electron chi connectivity index (χ0n) is 10.0. The molecule has 0 bridgehead atoms. The molecule has 0 aromatic heterocycles. The normalized spacial score (nSPS) is 12.2. The molecule has 1 amide bonds. The van der Waals surface area contributed by atoms with Gasteiger partial charge >= 0.3 is 5.97 Å². The number of carbonyl (C=O) groups is 2. The molecule has 0 spiro atoms. The fourth-order valence-corrected chi connectivity index (χ4v) is 1.39. The largest absolute Gasteiger partial charge is 0.480 e. The molecule has 17 heavy (non-hydrogen) atoms. The number of benzene rings is 1. The maximum Gasteiger partial charge on any atom is 0.326 e. The summed E-state index contributed by atoms with van der Waals surface area (Å²) < 4.78 is 0. The van der Waals surface area contributed by atoms with Crippen molar-refractivity contribution < 1.29 is 14.7 Å². The Balaban J connectivity index is 2.68. The third-order valence-corrected chi connectivity index (χ3v) is 2.42. The Morgan fingerprint density at radius 2 is 1.82 bits per heavy atom. The van der Waals surface area contributed by atoms with Crippen molar-refractivity contribution >= 4 is 11.9 Å². The van der Waals surface area contributed by atoms with E-state index in [1.807, 2.05) is 30.3 Å². The van der Waals surface area contributed by atoms with Crippen molar-refractivity contribution in [3.63, 3.8) is 0 Å². The molecule has 2 N–H and O–H groups in total. The summed E-state index contributed by atoms with van der Waals surface area (Å²) in [5, 5.41) is 11.6. The van der Waals surface area contributed by atoms with Gasteiger partial charge in [0, 0.05) is 12.3 Å². The third-order valence-electron chi connectivity index (χ3n) is 2.42. The van der Waals surface area contributed by atoms with E-state index in [0.29, 0.717) is 6.42 Å². The fourth-order valence-electron chi connectivity index (χ4n) is 1.39. The summed E-state index contributed by atoms with van der Waals surface area (Å²) in [6, 6.07) is 8.38. The van der Waals surface area contributed by atoms with Gasteiger partial charge in [-0.15, -0.1) is 0 Å². The molecule has 0 radical (unpaired) electrons. The number of hydrogen-bond donors (Lipinski definition) is 2. The van der Waals surface area contributed by atoms with Crippen molar-refractivity contribution in [2.45, 2.75) is 26.3 Å². The van der Waals surface area contributed by atoms with E-state index in [4.69, 9.17) is 5.11 Å². The number of rotatable bonds is 5. The lowest BCUT2D eigenvalue weighted by atomic mass is 10.1. The van der Waals surface area contributed by atoms with Gasteiger partial charge in [0.25, 0.3) is 0 Å². The first-order valence-electron chi connectivity index (χ1n) is 5.58. The van der Waals surface area contributed by atoms with Crippen LogP contribution in [0.5, 0.6) is 0 Å². The molecule has 1 aromatic rings. The Morgan fingerprint density at radius 1 is 1.24 bits per heavy atom. The number of carboxylic acid groups (broad SMARTS) is 1. The molecule has 0 fully saturated rings. The lowest BCUT2D eigenvalue weighted by molar-refractivity contribution is -0.142. The van der Waals surface area contributed by atoms with Crippen LogP contribution in [-0.4, -0.2) is 23.0 Å². The molecule has 1 aromatic carbocycles. The highest BCUT2D eigenvalue weighted by atomic mass is 16.4. The van der Waals surface area contributed by atoms with E-state index < -0.39 is 12.0 Å². The molecule has 4 heteroatoms. The van der Waals surface area contributed by atoms with E-state index in [2.05, 4.69) is 5.32 Å². The van der Waals surface area contributed by atoms with E-state index >= 15 is 0 Å². The van der Waals surface area contributed by atoms with Crippen molar-refractivity contribution in [2.75, 3.05) is 0 Å². The lowest BCUT2D eigenvalue weighted by Gasteiger charge is -2.16. The number of hydrogen-bond acceptors (Lipinski definition) is 2. The topological polar surface area (TPSA) is 66.4 Å². The molecule has 0 unspecified atom stereocenters. The molecule has 0 saturated carbocycles. The van der Waals surface area contributed by atoms with Crippen molar-refractivity contribution in [3.8, 4) is 0 Å². The SMILES string of the molecule is CC(C)C(=O)N[C@@H](Cc1ccccc1)C(=O)O. The predicted octanol–water partition coefficient (Wildman–Crippen LogP) is 1.45. The van der Waals surface area contributed by atoms with E-state index in [1.165, 1.54) is 0 Å². The highest BCUT2D eigenvalue weighted by Crippen LogP contribution is 2.04. The Morgan fingerprint density at radius 3 is 2.29 bits per heavy atom. The summed E-state index contributed by atoms with van der Waals surface area (Å²) in [5.41, 5.74) is 0.893. The van der Waals surface area contributed by atoms with Gasteiger partial charge in [-0.25, -0.2) is 4.79 Å². The van der Waals surface area contributed by atoms with Crippen LogP contribution in [0.4, 0.5) is 0 Å². The first kappa shape index (κ1) is 13.2. The monoisotopic (exact) mass is 235 g/mol. The van der Waals surface area contributed by atoms with E-state index in [9.17, 15) is 9.59 Å². The molecule has 0 aliphatic rings. The van der Waals surface area contributed by atoms with Gasteiger partial charge in [0.15, 0.2) is 0 Å². The van der Waals surface area contributed by atoms with Gasteiger partial charge < -0.3 is 10.4 Å². The van der Waals surface area contributed by atoms with Crippen LogP contribution in [0.1, 0.15) is 19.4 Å². The average molecular weight is 235 g/mol. The number of amides is 1. The Hall–Kier alpha value is -1.84. The van der Waals surface area contributed by atoms with Crippen LogP contribution in [0.15, 0.2) is 30.3 Å². The summed E-state index contributed by atoms with van der Waals surface area (Å²) >= 11 is 0. The number of carboxylic acids is 1. The van der Waals surface area contributed by atoms with Gasteiger partial charge in [-0.3, -0.25) is 4.79 Å². The molecule has 0 aliphatic carbocycles. The standard InChI is InChI=1S/C13H17NO3/c1-9(2)12(15)14-11(13(16)17)8-10-6-4-3-5-7-10/h3-7,9,11H,8H2,1-2H3,(H,14,15)(H,16,17)/t11-/m0/s1. The highest BCUT2D eigenvalue weighted by molar-refractivity contribution is 5.84. The summed E-state index contributed by atoms with van der Waals surface area (Å²) in [6.45, 7) is 3.47. The summed E-state index contributed by atoms with van der Waals surface area (Å²) in [6.07, 6.45) is 0.300. The van der Waals surface area contributed by atoms with Crippen LogP contribution in [0, 0.1) is 5.92 Å². The Bertz CT molecular complexity index is 387. The smallest absolute Gasteiger partial charge is 0.326 e. The first-order valence-corrected chi connectivity index (χ1v) is 5.58. The quantitative estimate of drug-likeness (QED) is 0.811. The zero-order chi connectivity index (χ0) is 12.8. The summed E-state index contributed by atoms with van der Waals surface area (Å²) in [5.74, 6) is -1.47. The minimum Gasteiger partial charge on any atom is -0.480 e. The maximum atomic E-state index is 11.5. The molecular weight excluding hydrogens is 218 g/mol. The van der Waals surface area contributed by atoms with Gasteiger partial charge in [-0.2, -0.15) is 0 Å². The van der Waals surface area contributed by atoms with Gasteiger partial charge in [0.2, 0.25) is 5.91 Å². The Kier molecular flexibility index (Phi) is 4.69. The molecular formula is C13H17NO3. The van der Waals surface area contributed by atoms with Gasteiger partial charge in [0.05, 0.1) is 0 Å². The maximum absolute atomic E-state index is 11.5. The van der Waals surface area contributed by atoms with Gasteiger partial charge in [-0.05, 0) is 5.56 Å². The molecule has 92 valence electrons. The van der Waals surface area contributed by atoms with E-state index in [1.54, 1.807) is 13.8 Å². The number of aliphatic carboxylic acids is 1. The zero-order valence-corrected chi connectivity index (χ0v) is 10.0. The van der Waals surface area contributed by atoms with Gasteiger partial charge in [-0.1, -0.05) is 44.2 Å². The van der Waals surface area contributed by atoms with Crippen molar-refractivity contribution in [1.29, 1.82) is 0 Å². The van der Waals surface area contributed by atoms with Gasteiger partial charge in [0.1, 0.15) is 6.04 Å². The molecule has 1 rings (SSSR count). The van der Waals surface area contributed by atoms with Crippen LogP contribution in [0.3, 0.4) is 0 Å². The first-order chi connectivity index (χ1) is 8.00. The second-order valence-electron chi connectivity index (χ2n) is 4.24. The average Bonchev–Trinajstić information content (AvgIpc) is 2.29. The lowest BCUT2D eigenvalue weighted by Crippen LogP contribution is -2.44. The molecule has 0 saturated heterocycles.